The summed E-state index contributed by atoms with van der Waals surface area (Å²) in [6.45, 7) is -0.150. The number of hydrogen-bond acceptors (Lipinski definition) is 3. The van der Waals surface area contributed by atoms with Gasteiger partial charge < -0.3 is 15.2 Å². The Morgan fingerprint density at radius 3 is 2.35 bits per heavy atom. The predicted octanol–water partition coefficient (Wildman–Crippen LogP) is 6.34. The number of carbonyl (C=O) groups excluding carboxylic acids is 1. The van der Waals surface area contributed by atoms with Gasteiger partial charge >= 0.3 is 12.1 Å². The SMILES string of the molecule is O=C(N[C@H](C(=O)O)C12CCC(CC1)C2)c1ccc2cc(F)ccc2c1OCc1ccc(C(F)(F)F)cc1. The van der Waals surface area contributed by atoms with E-state index in [2.05, 4.69) is 5.32 Å². The lowest BCUT2D eigenvalue weighted by molar-refractivity contribution is -0.143. The van der Waals surface area contributed by atoms with E-state index >= 15 is 0 Å². The second kappa shape index (κ2) is 9.36. The van der Waals surface area contributed by atoms with Crippen molar-refractivity contribution in [2.24, 2.45) is 11.3 Å². The molecule has 5 nitrogen and oxygen atoms in total. The average Bonchev–Trinajstić information content (AvgIpc) is 3.47. The van der Waals surface area contributed by atoms with Gasteiger partial charge in [0.15, 0.2) is 0 Å². The van der Waals surface area contributed by atoms with E-state index in [4.69, 9.17) is 4.74 Å². The fourth-order valence-corrected chi connectivity index (χ4v) is 5.88. The predicted molar refractivity (Wildman–Crippen MR) is 128 cm³/mol. The Bertz CT molecular complexity index is 1340. The number of carbonyl (C=O) groups is 2. The highest BCUT2D eigenvalue weighted by Gasteiger charge is 2.53. The van der Waals surface area contributed by atoms with Crippen molar-refractivity contribution in [1.29, 1.82) is 0 Å². The van der Waals surface area contributed by atoms with Gasteiger partial charge in [-0.15, -0.1) is 0 Å². The number of hydrogen-bond donors (Lipinski definition) is 2. The van der Waals surface area contributed by atoms with E-state index in [9.17, 15) is 32.3 Å². The van der Waals surface area contributed by atoms with E-state index in [1.807, 2.05) is 0 Å². The van der Waals surface area contributed by atoms with E-state index in [0.29, 0.717) is 22.3 Å². The second-order valence-electron chi connectivity index (χ2n) is 10.0. The number of aliphatic carboxylic acids is 1. The van der Waals surface area contributed by atoms with Crippen LogP contribution in [0.5, 0.6) is 5.75 Å². The molecule has 0 saturated heterocycles. The number of fused-ring (bicyclic) bond motifs is 3. The van der Waals surface area contributed by atoms with E-state index in [-0.39, 0.29) is 17.9 Å². The summed E-state index contributed by atoms with van der Waals surface area (Å²) in [5.74, 6) is -1.62. The molecule has 0 heterocycles. The van der Waals surface area contributed by atoms with Crippen molar-refractivity contribution in [2.45, 2.75) is 50.9 Å². The van der Waals surface area contributed by atoms with Gasteiger partial charge in [-0.25, -0.2) is 9.18 Å². The zero-order chi connectivity index (χ0) is 26.4. The van der Waals surface area contributed by atoms with Crippen molar-refractivity contribution >= 4 is 22.6 Å². The van der Waals surface area contributed by atoms with Gasteiger partial charge in [0, 0.05) is 10.8 Å². The molecule has 2 N–H and O–H groups in total. The highest BCUT2D eigenvalue weighted by molar-refractivity contribution is 6.05. The summed E-state index contributed by atoms with van der Waals surface area (Å²) in [6.07, 6.45) is -0.334. The van der Waals surface area contributed by atoms with Crippen molar-refractivity contribution in [3.8, 4) is 5.75 Å². The maximum Gasteiger partial charge on any atom is 0.416 e. The molecule has 0 aliphatic heterocycles. The van der Waals surface area contributed by atoms with Crippen LogP contribution >= 0.6 is 0 Å². The zero-order valence-corrected chi connectivity index (χ0v) is 19.8. The van der Waals surface area contributed by atoms with Crippen LogP contribution in [0.2, 0.25) is 0 Å². The number of benzene rings is 3. The molecule has 194 valence electrons. The summed E-state index contributed by atoms with van der Waals surface area (Å²) >= 11 is 0. The zero-order valence-electron chi connectivity index (χ0n) is 19.8. The number of halogens is 4. The van der Waals surface area contributed by atoms with E-state index < -0.39 is 40.9 Å². The Hall–Kier alpha value is -3.62. The summed E-state index contributed by atoms with van der Waals surface area (Å²) in [4.78, 5) is 25.6. The molecular weight excluding hydrogens is 490 g/mol. The Balaban J connectivity index is 1.45. The Labute approximate surface area is 210 Å². The van der Waals surface area contributed by atoms with Gasteiger partial charge in [0.2, 0.25) is 0 Å². The van der Waals surface area contributed by atoms with Crippen LogP contribution in [0.1, 0.15) is 53.6 Å². The normalized spacial score (nSPS) is 21.7. The molecule has 0 aromatic heterocycles. The van der Waals surface area contributed by atoms with Crippen LogP contribution in [0, 0.1) is 17.2 Å². The molecule has 0 spiro atoms. The minimum Gasteiger partial charge on any atom is -0.487 e. The molecule has 2 aliphatic rings. The first kappa shape index (κ1) is 25.0. The van der Waals surface area contributed by atoms with Crippen molar-refractivity contribution in [3.05, 3.63) is 77.1 Å². The Morgan fingerprint density at radius 1 is 1.05 bits per heavy atom. The molecule has 1 atom stereocenters. The third-order valence-electron chi connectivity index (χ3n) is 7.77. The quantitative estimate of drug-likeness (QED) is 0.360. The molecular formula is C28H25F4NO4. The standard InChI is InChI=1S/C28H25F4NO4/c29-20-6-8-21-18(13-20)3-7-22(23(21)37-15-17-1-4-19(5-2-17)28(30,31)32)25(34)33-24(26(35)36)27-11-9-16(14-27)10-12-27/h1-8,13,16,24H,9-12,14-15H2,(H,33,34)(H,35,36)/t16?,24-,27?/m1/s1. The lowest BCUT2D eigenvalue weighted by Crippen LogP contribution is -2.51. The second-order valence-corrected chi connectivity index (χ2v) is 10.0. The molecule has 37 heavy (non-hydrogen) atoms. The first-order valence-corrected chi connectivity index (χ1v) is 12.1. The summed E-state index contributed by atoms with van der Waals surface area (Å²) in [7, 11) is 0. The number of carboxylic acid groups (broad SMARTS) is 1. The van der Waals surface area contributed by atoms with Gasteiger partial charge in [0.1, 0.15) is 24.2 Å². The molecule has 2 saturated carbocycles. The third kappa shape index (κ3) is 4.86. The first-order chi connectivity index (χ1) is 17.6. The van der Waals surface area contributed by atoms with E-state index in [1.165, 1.54) is 36.4 Å². The number of nitrogens with one attached hydrogen (secondary N) is 1. The van der Waals surface area contributed by atoms with Crippen molar-refractivity contribution in [2.75, 3.05) is 0 Å². The number of amides is 1. The molecule has 2 bridgehead atoms. The number of rotatable bonds is 7. The van der Waals surface area contributed by atoms with Gasteiger partial charge in [-0.3, -0.25) is 4.79 Å². The molecule has 2 aliphatic carbocycles. The summed E-state index contributed by atoms with van der Waals surface area (Å²) in [5.41, 5.74) is -0.769. The molecule has 0 radical (unpaired) electrons. The molecule has 2 fully saturated rings. The van der Waals surface area contributed by atoms with Crippen LogP contribution in [-0.4, -0.2) is 23.0 Å². The van der Waals surface area contributed by atoms with Gasteiger partial charge in [-0.2, -0.15) is 13.2 Å². The molecule has 3 aromatic rings. The minimum absolute atomic E-state index is 0.0706. The Kier molecular flexibility index (Phi) is 6.33. The smallest absolute Gasteiger partial charge is 0.416 e. The van der Waals surface area contributed by atoms with E-state index in [1.54, 1.807) is 6.07 Å². The van der Waals surface area contributed by atoms with Crippen molar-refractivity contribution in [1.82, 2.24) is 5.32 Å². The van der Waals surface area contributed by atoms with Crippen LogP contribution in [-0.2, 0) is 17.6 Å². The van der Waals surface area contributed by atoms with E-state index in [0.717, 1.165) is 44.2 Å². The first-order valence-electron chi connectivity index (χ1n) is 12.1. The maximum absolute atomic E-state index is 13.9. The van der Waals surface area contributed by atoms with Gasteiger partial charge in [-0.05, 0) is 85.4 Å². The lowest BCUT2D eigenvalue weighted by Gasteiger charge is -2.33. The van der Waals surface area contributed by atoms with Crippen LogP contribution in [0.25, 0.3) is 10.8 Å². The molecule has 0 unspecified atom stereocenters. The maximum atomic E-state index is 13.9. The topological polar surface area (TPSA) is 75.6 Å². The number of alkyl halides is 3. The van der Waals surface area contributed by atoms with Crippen LogP contribution in [0.4, 0.5) is 17.6 Å². The molecule has 9 heteroatoms. The highest BCUT2D eigenvalue weighted by Crippen LogP contribution is 2.56. The monoisotopic (exact) mass is 515 g/mol. The largest absolute Gasteiger partial charge is 0.487 e. The number of carboxylic acids is 1. The van der Waals surface area contributed by atoms with Crippen LogP contribution in [0.15, 0.2) is 54.6 Å². The van der Waals surface area contributed by atoms with Crippen LogP contribution in [0.3, 0.4) is 0 Å². The van der Waals surface area contributed by atoms with Crippen LogP contribution < -0.4 is 10.1 Å². The average molecular weight is 516 g/mol. The highest BCUT2D eigenvalue weighted by atomic mass is 19.4. The fourth-order valence-electron chi connectivity index (χ4n) is 5.88. The molecule has 1 amide bonds. The minimum atomic E-state index is -4.47. The van der Waals surface area contributed by atoms with Crippen molar-refractivity contribution in [3.63, 3.8) is 0 Å². The summed E-state index contributed by atoms with van der Waals surface area (Å²) in [5, 5.41) is 13.6. The summed E-state index contributed by atoms with van der Waals surface area (Å²) in [6, 6.07) is 10.3. The fraction of sp³-hybridized carbons (Fsp3) is 0.357. The van der Waals surface area contributed by atoms with Crippen molar-refractivity contribution < 1.29 is 37.0 Å². The number of ether oxygens (including phenoxy) is 1. The van der Waals surface area contributed by atoms with Gasteiger partial charge in [0.05, 0.1) is 11.1 Å². The Morgan fingerprint density at radius 2 is 1.76 bits per heavy atom. The lowest BCUT2D eigenvalue weighted by atomic mass is 9.77. The molecule has 3 aromatic carbocycles. The third-order valence-corrected chi connectivity index (χ3v) is 7.77. The van der Waals surface area contributed by atoms with Gasteiger partial charge in [0.25, 0.3) is 5.91 Å². The molecule has 5 rings (SSSR count). The summed E-state index contributed by atoms with van der Waals surface area (Å²) < 4.78 is 58.5. The van der Waals surface area contributed by atoms with Gasteiger partial charge in [-0.1, -0.05) is 18.2 Å².